The highest BCUT2D eigenvalue weighted by Gasteiger charge is 2.35. The number of carboxylic acid groups (broad SMARTS) is 1. The van der Waals surface area contributed by atoms with Gasteiger partial charge in [0.05, 0.1) is 0 Å². The molecule has 4 rings (SSSR count). The van der Waals surface area contributed by atoms with E-state index in [1.54, 1.807) is 0 Å². The number of carboxylic acids is 1. The van der Waals surface area contributed by atoms with E-state index in [0.29, 0.717) is 13.0 Å². The number of ether oxygens (including phenoxy) is 1. The second-order valence-corrected chi connectivity index (χ2v) is 8.93. The zero-order valence-electron chi connectivity index (χ0n) is 19.0. The maximum atomic E-state index is 12.7. The lowest BCUT2D eigenvalue weighted by molar-refractivity contribution is -0.142. The summed E-state index contributed by atoms with van der Waals surface area (Å²) in [7, 11) is 0. The molecule has 2 aliphatic rings. The number of aliphatic carboxylic acids is 1. The van der Waals surface area contributed by atoms with Crippen molar-refractivity contribution in [2.75, 3.05) is 13.2 Å². The zero-order valence-corrected chi connectivity index (χ0v) is 19.0. The van der Waals surface area contributed by atoms with E-state index in [4.69, 9.17) is 4.74 Å². The lowest BCUT2D eigenvalue weighted by Crippen LogP contribution is -2.45. The number of alkyl carbamates (subject to hydrolysis) is 1. The quantitative estimate of drug-likeness (QED) is 0.487. The van der Waals surface area contributed by atoms with Crippen LogP contribution in [0, 0.1) is 11.8 Å². The lowest BCUT2D eigenvalue weighted by atomic mass is 9.94. The Kier molecular flexibility index (Phi) is 7.30. The fourth-order valence-electron chi connectivity index (χ4n) is 5.16. The van der Waals surface area contributed by atoms with Crippen LogP contribution in [-0.2, 0) is 14.3 Å². The van der Waals surface area contributed by atoms with Crippen molar-refractivity contribution in [2.24, 2.45) is 11.8 Å². The molecule has 2 aromatic carbocycles. The van der Waals surface area contributed by atoms with Crippen molar-refractivity contribution in [1.29, 1.82) is 0 Å². The van der Waals surface area contributed by atoms with E-state index in [2.05, 4.69) is 41.5 Å². The molecule has 2 amide bonds. The minimum absolute atomic E-state index is 0.0130. The van der Waals surface area contributed by atoms with Crippen molar-refractivity contribution in [2.45, 2.75) is 37.6 Å². The molecule has 178 valence electrons. The predicted octanol–water partition coefficient (Wildman–Crippen LogP) is 4.09. The van der Waals surface area contributed by atoms with Crippen molar-refractivity contribution < 1.29 is 24.2 Å². The van der Waals surface area contributed by atoms with Gasteiger partial charge in [-0.25, -0.2) is 9.59 Å². The Morgan fingerprint density at radius 1 is 1.06 bits per heavy atom. The number of hydrogen-bond acceptors (Lipinski definition) is 4. The number of fused-ring (bicyclic) bond motifs is 3. The zero-order chi connectivity index (χ0) is 24.1. The Morgan fingerprint density at radius 2 is 1.71 bits per heavy atom. The van der Waals surface area contributed by atoms with Gasteiger partial charge in [-0.05, 0) is 47.4 Å². The summed E-state index contributed by atoms with van der Waals surface area (Å²) >= 11 is 0. The number of benzene rings is 2. The van der Waals surface area contributed by atoms with E-state index in [1.165, 1.54) is 17.2 Å². The van der Waals surface area contributed by atoms with Gasteiger partial charge in [0.1, 0.15) is 12.6 Å². The molecular formula is C27H30N2O5. The molecule has 1 fully saturated rings. The summed E-state index contributed by atoms with van der Waals surface area (Å²) in [5.74, 6) is -1.77. The summed E-state index contributed by atoms with van der Waals surface area (Å²) < 4.78 is 5.58. The number of nitrogens with one attached hydrogen (secondary N) is 2. The molecule has 0 aromatic heterocycles. The average Bonchev–Trinajstić information content (AvgIpc) is 3.44. The largest absolute Gasteiger partial charge is 0.480 e. The Morgan fingerprint density at radius 3 is 2.32 bits per heavy atom. The van der Waals surface area contributed by atoms with E-state index in [9.17, 15) is 19.5 Å². The van der Waals surface area contributed by atoms with E-state index >= 15 is 0 Å². The Labute approximate surface area is 199 Å². The van der Waals surface area contributed by atoms with Gasteiger partial charge in [-0.3, -0.25) is 4.79 Å². The van der Waals surface area contributed by atoms with Crippen LogP contribution in [0.5, 0.6) is 0 Å². The Hall–Kier alpha value is -3.61. The van der Waals surface area contributed by atoms with Gasteiger partial charge in [0, 0.05) is 18.4 Å². The summed E-state index contributed by atoms with van der Waals surface area (Å²) in [6, 6.07) is 15.3. The third-order valence-electron chi connectivity index (χ3n) is 6.87. The van der Waals surface area contributed by atoms with E-state index in [1.807, 2.05) is 24.3 Å². The van der Waals surface area contributed by atoms with Crippen molar-refractivity contribution in [3.63, 3.8) is 0 Å². The third kappa shape index (κ3) is 4.98. The molecule has 34 heavy (non-hydrogen) atoms. The van der Waals surface area contributed by atoms with Crippen LogP contribution in [0.4, 0.5) is 4.79 Å². The van der Waals surface area contributed by atoms with Crippen LogP contribution in [-0.4, -0.2) is 42.3 Å². The first-order valence-electron chi connectivity index (χ1n) is 11.7. The number of hydrogen-bond donors (Lipinski definition) is 3. The third-order valence-corrected chi connectivity index (χ3v) is 6.87. The minimum Gasteiger partial charge on any atom is -0.480 e. The van der Waals surface area contributed by atoms with Crippen molar-refractivity contribution >= 4 is 18.0 Å². The lowest BCUT2D eigenvalue weighted by Gasteiger charge is -2.22. The van der Waals surface area contributed by atoms with Crippen LogP contribution < -0.4 is 10.6 Å². The fraction of sp³-hybridized carbons (Fsp3) is 0.370. The topological polar surface area (TPSA) is 105 Å². The molecule has 2 aromatic rings. The number of rotatable bonds is 9. The molecule has 2 aliphatic carbocycles. The summed E-state index contributed by atoms with van der Waals surface area (Å²) in [5, 5.41) is 14.7. The predicted molar refractivity (Wildman–Crippen MR) is 128 cm³/mol. The first-order valence-corrected chi connectivity index (χ1v) is 11.7. The van der Waals surface area contributed by atoms with Gasteiger partial charge in [0.15, 0.2) is 0 Å². The minimum atomic E-state index is -1.08. The molecule has 0 saturated heterocycles. The summed E-state index contributed by atoms with van der Waals surface area (Å²) in [6.45, 7) is 4.09. The Bertz CT molecular complexity index is 1040. The van der Waals surface area contributed by atoms with Gasteiger partial charge in [0.25, 0.3) is 0 Å². The van der Waals surface area contributed by atoms with Gasteiger partial charge in [-0.2, -0.15) is 0 Å². The summed E-state index contributed by atoms with van der Waals surface area (Å²) in [5.41, 5.74) is 4.64. The fourth-order valence-corrected chi connectivity index (χ4v) is 5.16. The van der Waals surface area contributed by atoms with E-state index < -0.39 is 18.1 Å². The second kappa shape index (κ2) is 10.5. The van der Waals surface area contributed by atoms with Gasteiger partial charge in [0.2, 0.25) is 5.91 Å². The van der Waals surface area contributed by atoms with Gasteiger partial charge in [-0.15, -0.1) is 6.58 Å². The number of amides is 2. The van der Waals surface area contributed by atoms with Crippen LogP contribution in [0.25, 0.3) is 11.1 Å². The standard InChI is InChI=1S/C27H30N2O5/c1-2-8-24(26(31)32)29-25(30)18-14-7-9-17(18)15-28-27(33)34-16-23-21-12-5-3-10-19(21)20-11-4-6-13-22(20)23/h2-6,10-13,17-18,23-24H,1,7-9,14-16H2,(H,28,33)(H,29,30)(H,31,32)/t17-,18-,24?/m0/s1. The molecule has 3 atom stereocenters. The molecule has 0 spiro atoms. The van der Waals surface area contributed by atoms with E-state index in [0.717, 1.165) is 24.0 Å². The highest BCUT2D eigenvalue weighted by Crippen LogP contribution is 2.44. The van der Waals surface area contributed by atoms with Crippen LogP contribution in [0.2, 0.25) is 0 Å². The van der Waals surface area contributed by atoms with Crippen LogP contribution in [0.3, 0.4) is 0 Å². The SMILES string of the molecule is C=CCC(NC(=O)[C@H]1CCC[C@H]1CNC(=O)OCC1c2ccccc2-c2ccccc21)C(=O)O. The maximum Gasteiger partial charge on any atom is 0.407 e. The number of carbonyl (C=O) groups excluding carboxylic acids is 2. The summed E-state index contributed by atoms with van der Waals surface area (Å²) in [6.07, 6.45) is 3.45. The first kappa shape index (κ1) is 23.5. The Balaban J connectivity index is 1.31. The highest BCUT2D eigenvalue weighted by molar-refractivity contribution is 5.85. The molecule has 7 heteroatoms. The van der Waals surface area contributed by atoms with Gasteiger partial charge < -0.3 is 20.5 Å². The molecule has 1 saturated carbocycles. The molecule has 0 heterocycles. The molecule has 0 bridgehead atoms. The smallest absolute Gasteiger partial charge is 0.407 e. The molecular weight excluding hydrogens is 432 g/mol. The van der Waals surface area contributed by atoms with Gasteiger partial charge in [-0.1, -0.05) is 61.0 Å². The van der Waals surface area contributed by atoms with Crippen molar-refractivity contribution in [3.8, 4) is 11.1 Å². The average molecular weight is 463 g/mol. The normalized spacial score (nSPS) is 19.5. The van der Waals surface area contributed by atoms with Crippen molar-refractivity contribution in [3.05, 3.63) is 72.3 Å². The first-order chi connectivity index (χ1) is 16.5. The monoisotopic (exact) mass is 462 g/mol. The molecule has 0 radical (unpaired) electrons. The van der Waals surface area contributed by atoms with Crippen molar-refractivity contribution in [1.82, 2.24) is 10.6 Å². The molecule has 3 N–H and O–H groups in total. The van der Waals surface area contributed by atoms with Crippen LogP contribution in [0.15, 0.2) is 61.2 Å². The molecule has 0 aliphatic heterocycles. The summed E-state index contributed by atoms with van der Waals surface area (Å²) in [4.78, 5) is 36.5. The van der Waals surface area contributed by atoms with E-state index in [-0.39, 0.29) is 36.7 Å². The maximum absolute atomic E-state index is 12.7. The van der Waals surface area contributed by atoms with Crippen LogP contribution in [0.1, 0.15) is 42.7 Å². The highest BCUT2D eigenvalue weighted by atomic mass is 16.5. The van der Waals surface area contributed by atoms with Crippen LogP contribution >= 0.6 is 0 Å². The molecule has 1 unspecified atom stereocenters. The van der Waals surface area contributed by atoms with Gasteiger partial charge >= 0.3 is 12.1 Å². The second-order valence-electron chi connectivity index (χ2n) is 8.93. The molecule has 7 nitrogen and oxygen atoms in total. The number of carbonyl (C=O) groups is 3.